The van der Waals surface area contributed by atoms with Gasteiger partial charge in [0.1, 0.15) is 6.29 Å². The van der Waals surface area contributed by atoms with Gasteiger partial charge in [0, 0.05) is 6.42 Å². The molecule has 4 unspecified atom stereocenters. The molecule has 3 saturated carbocycles. The van der Waals surface area contributed by atoms with E-state index in [1.807, 2.05) is 0 Å². The van der Waals surface area contributed by atoms with Gasteiger partial charge in [0.15, 0.2) is 0 Å². The largest absolute Gasteiger partial charge is 0.303 e. The Morgan fingerprint density at radius 1 is 1.38 bits per heavy atom. The maximum Gasteiger partial charge on any atom is 0.120 e. The van der Waals surface area contributed by atoms with Gasteiger partial charge in [0.2, 0.25) is 0 Å². The van der Waals surface area contributed by atoms with Crippen molar-refractivity contribution in [1.29, 1.82) is 0 Å². The molecule has 3 aliphatic rings. The van der Waals surface area contributed by atoms with E-state index in [9.17, 15) is 4.79 Å². The molecule has 1 nitrogen and oxygen atoms in total. The SMILES string of the molecule is CC1CC2CC3(CC=O)CC3(C1)C2. The number of carbonyl (C=O) groups excluding carboxylic acids is 1. The zero-order valence-electron chi connectivity index (χ0n) is 8.38. The second-order valence-corrected chi connectivity index (χ2v) is 5.93. The third-order valence-electron chi connectivity index (χ3n) is 4.98. The normalized spacial score (nSPS) is 57.3. The smallest absolute Gasteiger partial charge is 0.120 e. The molecule has 0 amide bonds. The van der Waals surface area contributed by atoms with Gasteiger partial charge in [-0.2, -0.15) is 0 Å². The monoisotopic (exact) mass is 178 g/mol. The molecule has 0 aromatic rings. The van der Waals surface area contributed by atoms with Gasteiger partial charge in [-0.05, 0) is 54.8 Å². The van der Waals surface area contributed by atoms with Crippen molar-refractivity contribution in [2.75, 3.05) is 0 Å². The van der Waals surface area contributed by atoms with Crippen molar-refractivity contribution in [2.24, 2.45) is 22.7 Å². The molecule has 13 heavy (non-hydrogen) atoms. The molecular formula is C12H18O. The van der Waals surface area contributed by atoms with Gasteiger partial charge < -0.3 is 4.79 Å². The number of aldehydes is 1. The van der Waals surface area contributed by atoms with Crippen LogP contribution >= 0.6 is 0 Å². The highest BCUT2D eigenvalue weighted by Gasteiger charge is 2.72. The van der Waals surface area contributed by atoms with Gasteiger partial charge in [-0.3, -0.25) is 0 Å². The van der Waals surface area contributed by atoms with Gasteiger partial charge in [-0.25, -0.2) is 0 Å². The van der Waals surface area contributed by atoms with Crippen LogP contribution in [0.4, 0.5) is 0 Å². The van der Waals surface area contributed by atoms with Crippen LogP contribution in [-0.2, 0) is 4.79 Å². The Kier molecular flexibility index (Phi) is 1.35. The molecular weight excluding hydrogens is 160 g/mol. The number of carbonyl (C=O) groups is 1. The number of hydrogen-bond acceptors (Lipinski definition) is 1. The molecule has 3 aliphatic carbocycles. The molecule has 0 N–H and O–H groups in total. The minimum Gasteiger partial charge on any atom is -0.303 e. The fourth-order valence-electron chi connectivity index (χ4n) is 4.75. The summed E-state index contributed by atoms with van der Waals surface area (Å²) in [7, 11) is 0. The average Bonchev–Trinajstić information content (AvgIpc) is 2.47. The van der Waals surface area contributed by atoms with Gasteiger partial charge in [0.25, 0.3) is 0 Å². The molecule has 2 bridgehead atoms. The van der Waals surface area contributed by atoms with E-state index in [4.69, 9.17) is 0 Å². The van der Waals surface area contributed by atoms with Crippen molar-refractivity contribution in [3.63, 3.8) is 0 Å². The fourth-order valence-corrected chi connectivity index (χ4v) is 4.75. The number of rotatable bonds is 2. The fraction of sp³-hybridized carbons (Fsp3) is 0.917. The quantitative estimate of drug-likeness (QED) is 0.594. The summed E-state index contributed by atoms with van der Waals surface area (Å²) in [5.41, 5.74) is 1.15. The van der Waals surface area contributed by atoms with E-state index in [1.54, 1.807) is 0 Å². The highest BCUT2D eigenvalue weighted by molar-refractivity contribution is 5.53. The molecule has 3 rings (SSSR count). The van der Waals surface area contributed by atoms with Crippen molar-refractivity contribution >= 4 is 6.29 Å². The summed E-state index contributed by atoms with van der Waals surface area (Å²) >= 11 is 0. The van der Waals surface area contributed by atoms with Crippen LogP contribution in [0, 0.1) is 22.7 Å². The van der Waals surface area contributed by atoms with Crippen molar-refractivity contribution in [2.45, 2.75) is 45.4 Å². The van der Waals surface area contributed by atoms with Crippen LogP contribution in [0.15, 0.2) is 0 Å². The Balaban J connectivity index is 1.87. The Labute approximate surface area is 79.9 Å². The summed E-state index contributed by atoms with van der Waals surface area (Å²) in [6, 6.07) is 0. The predicted molar refractivity (Wildman–Crippen MR) is 51.3 cm³/mol. The van der Waals surface area contributed by atoms with Crippen LogP contribution in [0.1, 0.15) is 45.4 Å². The number of hydrogen-bond donors (Lipinski definition) is 0. The summed E-state index contributed by atoms with van der Waals surface area (Å²) in [5.74, 6) is 1.90. The average molecular weight is 178 g/mol. The highest BCUT2D eigenvalue weighted by Crippen LogP contribution is 2.81. The van der Waals surface area contributed by atoms with E-state index in [-0.39, 0.29) is 0 Å². The summed E-state index contributed by atoms with van der Waals surface area (Å²) in [6.45, 7) is 2.39. The third kappa shape index (κ3) is 0.858. The first-order valence-corrected chi connectivity index (χ1v) is 5.63. The summed E-state index contributed by atoms with van der Waals surface area (Å²) in [4.78, 5) is 10.7. The van der Waals surface area contributed by atoms with E-state index < -0.39 is 0 Å². The lowest BCUT2D eigenvalue weighted by molar-refractivity contribution is -0.109. The summed E-state index contributed by atoms with van der Waals surface area (Å²) < 4.78 is 0. The maximum atomic E-state index is 10.7. The predicted octanol–water partition coefficient (Wildman–Crippen LogP) is 2.79. The van der Waals surface area contributed by atoms with Crippen molar-refractivity contribution in [1.82, 2.24) is 0 Å². The van der Waals surface area contributed by atoms with E-state index in [0.717, 1.165) is 18.3 Å². The van der Waals surface area contributed by atoms with Crippen LogP contribution in [-0.4, -0.2) is 6.29 Å². The third-order valence-corrected chi connectivity index (χ3v) is 4.98. The van der Waals surface area contributed by atoms with Crippen LogP contribution in [0.2, 0.25) is 0 Å². The second kappa shape index (κ2) is 2.18. The van der Waals surface area contributed by atoms with Crippen LogP contribution in [0.5, 0.6) is 0 Å². The van der Waals surface area contributed by atoms with Crippen molar-refractivity contribution in [3.8, 4) is 0 Å². The van der Waals surface area contributed by atoms with E-state index in [1.165, 1.54) is 38.4 Å². The Morgan fingerprint density at radius 2 is 2.23 bits per heavy atom. The van der Waals surface area contributed by atoms with Crippen LogP contribution < -0.4 is 0 Å². The molecule has 0 heterocycles. The molecule has 72 valence electrons. The topological polar surface area (TPSA) is 17.1 Å². The Hall–Kier alpha value is -0.330. The lowest BCUT2D eigenvalue weighted by atomic mass is 9.77. The zero-order valence-corrected chi connectivity index (χ0v) is 8.38. The summed E-state index contributed by atoms with van der Waals surface area (Å²) in [6.07, 6.45) is 9.07. The maximum absolute atomic E-state index is 10.7. The first-order valence-electron chi connectivity index (χ1n) is 5.63. The number of fused-ring (bicyclic) bond motifs is 1. The lowest BCUT2D eigenvalue weighted by Gasteiger charge is -2.28. The molecule has 0 aliphatic heterocycles. The zero-order chi connectivity index (χ0) is 9.10. The van der Waals surface area contributed by atoms with E-state index >= 15 is 0 Å². The molecule has 1 spiro atoms. The van der Waals surface area contributed by atoms with E-state index in [0.29, 0.717) is 10.8 Å². The molecule has 0 radical (unpaired) electrons. The van der Waals surface area contributed by atoms with Crippen LogP contribution in [0.25, 0.3) is 0 Å². The van der Waals surface area contributed by atoms with Crippen molar-refractivity contribution in [3.05, 3.63) is 0 Å². The minimum atomic E-state index is 0.504. The molecule has 0 aromatic heterocycles. The van der Waals surface area contributed by atoms with E-state index in [2.05, 4.69) is 6.92 Å². The highest BCUT2D eigenvalue weighted by atomic mass is 16.1. The van der Waals surface area contributed by atoms with Crippen molar-refractivity contribution < 1.29 is 4.79 Å². The first kappa shape index (κ1) is 8.02. The van der Waals surface area contributed by atoms with Crippen LogP contribution in [0.3, 0.4) is 0 Å². The molecule has 0 aromatic carbocycles. The molecule has 3 fully saturated rings. The van der Waals surface area contributed by atoms with Gasteiger partial charge in [-0.1, -0.05) is 6.92 Å². The van der Waals surface area contributed by atoms with Gasteiger partial charge in [0.05, 0.1) is 0 Å². The molecule has 4 atom stereocenters. The standard InChI is InChI=1S/C12H18O/c1-9-4-10-6-11(2-3-13)8-12(11,5-9)7-10/h3,9-10H,2,4-8H2,1H3. The Morgan fingerprint density at radius 3 is 3.00 bits per heavy atom. The van der Waals surface area contributed by atoms with Gasteiger partial charge in [-0.15, -0.1) is 0 Å². The Bertz CT molecular complexity index is 260. The lowest BCUT2D eigenvalue weighted by Crippen LogP contribution is -2.17. The van der Waals surface area contributed by atoms with Gasteiger partial charge >= 0.3 is 0 Å². The summed E-state index contributed by atoms with van der Waals surface area (Å²) in [5, 5.41) is 0. The molecule has 1 heteroatoms. The minimum absolute atomic E-state index is 0.504. The first-order chi connectivity index (χ1) is 6.20. The molecule has 0 saturated heterocycles. The second-order valence-electron chi connectivity index (χ2n) is 5.93.